The molecule has 0 aromatic heterocycles. The minimum Gasteiger partial charge on any atom is -0.488 e. The number of hydrogen-bond donors (Lipinski definition) is 0. The van der Waals surface area contributed by atoms with E-state index in [1.807, 2.05) is 19.9 Å². The first-order valence-electron chi connectivity index (χ1n) is 6.13. The van der Waals surface area contributed by atoms with Crippen molar-refractivity contribution in [2.75, 3.05) is 6.61 Å². The summed E-state index contributed by atoms with van der Waals surface area (Å²) in [6.45, 7) is 3.05. The molecule has 1 aliphatic heterocycles. The highest BCUT2D eigenvalue weighted by Crippen LogP contribution is 2.42. The van der Waals surface area contributed by atoms with Crippen molar-refractivity contribution in [2.24, 2.45) is 5.92 Å². The van der Waals surface area contributed by atoms with Crippen LogP contribution in [0.2, 0.25) is 0 Å². The summed E-state index contributed by atoms with van der Waals surface area (Å²) >= 11 is 0. The molecule has 1 atom stereocenters. The fourth-order valence-electron chi connectivity index (χ4n) is 2.08. The second-order valence-electron chi connectivity index (χ2n) is 5.32. The van der Waals surface area contributed by atoms with Gasteiger partial charge in [0.2, 0.25) is 0 Å². The van der Waals surface area contributed by atoms with Crippen LogP contribution in [0.15, 0.2) is 18.2 Å². The summed E-state index contributed by atoms with van der Waals surface area (Å²) < 4.78 is 48.3. The van der Waals surface area contributed by atoms with Crippen LogP contribution in [-0.2, 0) is 6.42 Å². The summed E-state index contributed by atoms with van der Waals surface area (Å²) in [5, 5.41) is 8.53. The molecule has 1 heterocycles. The Kier molecular flexibility index (Phi) is 3.55. The number of benzene rings is 1. The Bertz CT molecular complexity index is 546. The molecule has 0 saturated heterocycles. The van der Waals surface area contributed by atoms with Gasteiger partial charge in [-0.15, -0.1) is 0 Å². The Balaban J connectivity index is 2.14. The quantitative estimate of drug-likeness (QED) is 0.853. The zero-order valence-electron chi connectivity index (χ0n) is 11.1. The molecule has 1 unspecified atom stereocenters. The molecule has 1 aliphatic rings. The summed E-state index contributed by atoms with van der Waals surface area (Å²) in [4.78, 5) is 0. The summed E-state index contributed by atoms with van der Waals surface area (Å²) in [7, 11) is 0. The second-order valence-corrected chi connectivity index (χ2v) is 5.32. The molecular formula is C14H14F3NO2. The number of halogens is 3. The third-order valence-corrected chi connectivity index (χ3v) is 3.01. The van der Waals surface area contributed by atoms with Crippen molar-refractivity contribution in [1.82, 2.24) is 0 Å². The van der Waals surface area contributed by atoms with Crippen molar-refractivity contribution < 1.29 is 22.6 Å². The predicted octanol–water partition coefficient (Wildman–Crippen LogP) is 3.48. The Morgan fingerprint density at radius 3 is 2.75 bits per heavy atom. The van der Waals surface area contributed by atoms with Crippen LogP contribution in [0.25, 0.3) is 0 Å². The molecule has 0 aliphatic carbocycles. The molecule has 20 heavy (non-hydrogen) atoms. The van der Waals surface area contributed by atoms with E-state index in [-0.39, 0.29) is 5.75 Å². The summed E-state index contributed by atoms with van der Waals surface area (Å²) in [5.74, 6) is -1.43. The van der Waals surface area contributed by atoms with E-state index in [0.29, 0.717) is 12.2 Å². The van der Waals surface area contributed by atoms with Crippen molar-refractivity contribution in [2.45, 2.75) is 32.0 Å². The average Bonchev–Trinajstić information content (AvgIpc) is 2.62. The van der Waals surface area contributed by atoms with E-state index >= 15 is 0 Å². The molecule has 1 aromatic rings. The number of alkyl halides is 3. The van der Waals surface area contributed by atoms with Gasteiger partial charge in [-0.05, 0) is 19.9 Å². The molecule has 0 radical (unpaired) electrons. The molecule has 2 rings (SSSR count). The van der Waals surface area contributed by atoms with Gasteiger partial charge in [0, 0.05) is 12.0 Å². The number of fused-ring (bicyclic) bond motifs is 1. The monoisotopic (exact) mass is 285 g/mol. The van der Waals surface area contributed by atoms with Gasteiger partial charge in [0.15, 0.2) is 17.4 Å². The molecule has 0 spiro atoms. The highest BCUT2D eigenvalue weighted by molar-refractivity contribution is 5.50. The first kappa shape index (κ1) is 14.5. The molecule has 108 valence electrons. The minimum atomic E-state index is -4.59. The van der Waals surface area contributed by atoms with Gasteiger partial charge in [-0.3, -0.25) is 0 Å². The lowest BCUT2D eigenvalue weighted by molar-refractivity contribution is -0.165. The zero-order chi connectivity index (χ0) is 15.0. The fraction of sp³-hybridized carbons (Fsp3) is 0.500. The summed E-state index contributed by atoms with van der Waals surface area (Å²) in [5.41, 5.74) is 0.494. The minimum absolute atomic E-state index is 0.248. The average molecular weight is 285 g/mol. The Morgan fingerprint density at radius 2 is 2.15 bits per heavy atom. The van der Waals surface area contributed by atoms with Crippen LogP contribution < -0.4 is 9.47 Å². The van der Waals surface area contributed by atoms with Crippen molar-refractivity contribution in [3.63, 3.8) is 0 Å². The van der Waals surface area contributed by atoms with Gasteiger partial charge in [0.05, 0.1) is 6.07 Å². The fourth-order valence-corrected chi connectivity index (χ4v) is 2.08. The Morgan fingerprint density at radius 1 is 1.45 bits per heavy atom. The van der Waals surface area contributed by atoms with E-state index in [0.717, 1.165) is 5.56 Å². The van der Waals surface area contributed by atoms with Gasteiger partial charge in [0.25, 0.3) is 0 Å². The first-order chi connectivity index (χ1) is 9.23. The van der Waals surface area contributed by atoms with E-state index < -0.39 is 24.3 Å². The standard InChI is InChI=1S/C14H14F3NO2/c1-13(2)6-9-4-3-5-11(12(9)20-13)19-8-10(7-18)14(15,16)17/h3-5,10H,6,8H2,1-2H3. The van der Waals surface area contributed by atoms with Crippen LogP contribution in [0.1, 0.15) is 19.4 Å². The van der Waals surface area contributed by atoms with Gasteiger partial charge in [-0.25, -0.2) is 0 Å². The van der Waals surface area contributed by atoms with Crippen LogP contribution in [0, 0.1) is 17.2 Å². The van der Waals surface area contributed by atoms with Gasteiger partial charge in [-0.2, -0.15) is 18.4 Å². The van der Waals surface area contributed by atoms with Crippen molar-refractivity contribution in [1.29, 1.82) is 5.26 Å². The van der Waals surface area contributed by atoms with Crippen LogP contribution in [-0.4, -0.2) is 18.4 Å². The topological polar surface area (TPSA) is 42.2 Å². The maximum Gasteiger partial charge on any atom is 0.407 e. The Labute approximate surface area is 114 Å². The third-order valence-electron chi connectivity index (χ3n) is 3.01. The van der Waals surface area contributed by atoms with Crippen LogP contribution in [0.3, 0.4) is 0 Å². The zero-order valence-corrected chi connectivity index (χ0v) is 11.1. The highest BCUT2D eigenvalue weighted by atomic mass is 19.4. The maximum absolute atomic E-state index is 12.5. The van der Waals surface area contributed by atoms with E-state index in [2.05, 4.69) is 0 Å². The summed E-state index contributed by atoms with van der Waals surface area (Å²) in [6.07, 6.45) is -3.92. The molecule has 0 fully saturated rings. The molecular weight excluding hydrogens is 271 g/mol. The van der Waals surface area contributed by atoms with E-state index in [1.165, 1.54) is 6.07 Å². The number of hydrogen-bond acceptors (Lipinski definition) is 3. The van der Waals surface area contributed by atoms with Crippen LogP contribution >= 0.6 is 0 Å². The highest BCUT2D eigenvalue weighted by Gasteiger charge is 2.41. The lowest BCUT2D eigenvalue weighted by Crippen LogP contribution is -2.27. The van der Waals surface area contributed by atoms with Crippen LogP contribution in [0.5, 0.6) is 11.5 Å². The molecule has 1 aromatic carbocycles. The van der Waals surface area contributed by atoms with Crippen molar-refractivity contribution in [3.8, 4) is 17.6 Å². The van der Waals surface area contributed by atoms with Crippen molar-refractivity contribution in [3.05, 3.63) is 23.8 Å². The molecule has 0 saturated carbocycles. The van der Waals surface area contributed by atoms with Gasteiger partial charge in [0.1, 0.15) is 12.2 Å². The number of nitrogens with zero attached hydrogens (tertiary/aromatic N) is 1. The lowest BCUT2D eigenvalue weighted by Gasteiger charge is -2.19. The first-order valence-corrected chi connectivity index (χ1v) is 6.13. The normalized spacial score (nSPS) is 17.8. The Hall–Kier alpha value is -1.90. The maximum atomic E-state index is 12.5. The summed E-state index contributed by atoms with van der Waals surface area (Å²) in [6, 6.07) is 6.30. The number of para-hydroxylation sites is 1. The molecule has 0 amide bonds. The van der Waals surface area contributed by atoms with E-state index in [9.17, 15) is 13.2 Å². The van der Waals surface area contributed by atoms with E-state index in [1.54, 1.807) is 12.1 Å². The molecule has 0 N–H and O–H groups in total. The number of nitriles is 1. The van der Waals surface area contributed by atoms with E-state index in [4.69, 9.17) is 14.7 Å². The second kappa shape index (κ2) is 4.89. The van der Waals surface area contributed by atoms with Gasteiger partial charge >= 0.3 is 6.18 Å². The largest absolute Gasteiger partial charge is 0.488 e. The lowest BCUT2D eigenvalue weighted by atomic mass is 10.0. The third kappa shape index (κ3) is 2.98. The van der Waals surface area contributed by atoms with Crippen LogP contribution in [0.4, 0.5) is 13.2 Å². The molecule has 3 nitrogen and oxygen atoms in total. The predicted molar refractivity (Wildman–Crippen MR) is 65.5 cm³/mol. The van der Waals surface area contributed by atoms with Gasteiger partial charge in [-0.1, -0.05) is 12.1 Å². The molecule has 0 bridgehead atoms. The number of ether oxygens (including phenoxy) is 2. The SMILES string of the molecule is CC1(C)Cc2cccc(OCC(C#N)C(F)(F)F)c2O1. The number of rotatable bonds is 3. The molecule has 6 heteroatoms. The smallest absolute Gasteiger partial charge is 0.407 e. The van der Waals surface area contributed by atoms with Crippen molar-refractivity contribution >= 4 is 0 Å². The van der Waals surface area contributed by atoms with Gasteiger partial charge < -0.3 is 9.47 Å².